The van der Waals surface area contributed by atoms with Crippen LogP contribution in [0.25, 0.3) is 4.85 Å². The zero-order chi connectivity index (χ0) is 10.1. The monoisotopic (exact) mass is 187 g/mol. The number of alkyl halides is 3. The van der Waals surface area contributed by atoms with Gasteiger partial charge in [0.15, 0.2) is 0 Å². The maximum Gasteiger partial charge on any atom is 0.409 e. The maximum atomic E-state index is 12.2. The predicted octanol–water partition coefficient (Wildman–Crippen LogP) is 2.23. The van der Waals surface area contributed by atoms with Gasteiger partial charge in [0.1, 0.15) is 6.20 Å². The average Bonchev–Trinajstić information content (AvgIpc) is 2.03. The Morgan fingerprint density at radius 2 is 2.08 bits per heavy atom. The van der Waals surface area contributed by atoms with Crippen LogP contribution in [0.5, 0.6) is 0 Å². The summed E-state index contributed by atoms with van der Waals surface area (Å²) in [4.78, 5) is 5.91. The molecule has 0 radical (unpaired) electrons. The van der Waals surface area contributed by atoms with Crippen LogP contribution in [0, 0.1) is 6.57 Å². The number of anilines is 1. The highest BCUT2D eigenvalue weighted by Crippen LogP contribution is 2.35. The van der Waals surface area contributed by atoms with Crippen molar-refractivity contribution in [3.63, 3.8) is 0 Å². The Hall–Kier alpha value is -1.77. The SMILES string of the molecule is [C-]#[N+]c1ncc(N)cc1C(F)(F)F. The highest BCUT2D eigenvalue weighted by atomic mass is 19.4. The van der Waals surface area contributed by atoms with E-state index in [9.17, 15) is 13.2 Å². The van der Waals surface area contributed by atoms with E-state index in [0.29, 0.717) is 6.07 Å². The molecule has 6 heteroatoms. The first-order valence-electron chi connectivity index (χ1n) is 3.15. The van der Waals surface area contributed by atoms with Crippen molar-refractivity contribution in [3.05, 3.63) is 29.2 Å². The smallest absolute Gasteiger partial charge is 0.396 e. The summed E-state index contributed by atoms with van der Waals surface area (Å²) in [6.07, 6.45) is -3.56. The topological polar surface area (TPSA) is 43.3 Å². The summed E-state index contributed by atoms with van der Waals surface area (Å²) in [5.41, 5.74) is 3.91. The molecule has 68 valence electrons. The van der Waals surface area contributed by atoms with Crippen LogP contribution < -0.4 is 5.73 Å². The van der Waals surface area contributed by atoms with Crippen LogP contribution in [-0.4, -0.2) is 4.98 Å². The number of hydrogen-bond donors (Lipinski definition) is 1. The third kappa shape index (κ3) is 1.87. The van der Waals surface area contributed by atoms with Crippen LogP contribution in [0.4, 0.5) is 24.7 Å². The lowest BCUT2D eigenvalue weighted by Gasteiger charge is -2.07. The molecule has 1 aromatic rings. The molecule has 0 aliphatic heterocycles. The van der Waals surface area contributed by atoms with E-state index in [0.717, 1.165) is 6.20 Å². The van der Waals surface area contributed by atoms with Crippen LogP contribution in [0.15, 0.2) is 12.3 Å². The number of rotatable bonds is 0. The second-order valence-electron chi connectivity index (χ2n) is 2.25. The standard InChI is InChI=1S/C7H4F3N3/c1-12-6-5(7(8,9)10)2-4(11)3-13-6/h2-3H,11H2. The quantitative estimate of drug-likeness (QED) is 0.633. The zero-order valence-corrected chi connectivity index (χ0v) is 6.26. The number of nitrogen functional groups attached to an aromatic ring is 1. The van der Waals surface area contributed by atoms with Gasteiger partial charge in [0.2, 0.25) is 0 Å². The summed E-state index contributed by atoms with van der Waals surface area (Å²) in [6.45, 7) is 6.46. The number of nitrogens with two attached hydrogens (primary N) is 1. The number of aromatic nitrogens is 1. The highest BCUT2D eigenvalue weighted by molar-refractivity contribution is 5.53. The van der Waals surface area contributed by atoms with E-state index < -0.39 is 17.6 Å². The van der Waals surface area contributed by atoms with Gasteiger partial charge in [-0.3, -0.25) is 0 Å². The Labute approximate surface area is 71.8 Å². The number of nitrogens with zero attached hydrogens (tertiary/aromatic N) is 2. The Bertz CT molecular complexity index is 364. The minimum atomic E-state index is -4.58. The van der Waals surface area contributed by atoms with Gasteiger partial charge in [0.05, 0.1) is 11.3 Å². The molecule has 1 rings (SSSR count). The van der Waals surface area contributed by atoms with Crippen LogP contribution in [0.1, 0.15) is 5.56 Å². The van der Waals surface area contributed by atoms with Crippen molar-refractivity contribution in [2.45, 2.75) is 6.18 Å². The largest absolute Gasteiger partial charge is 0.409 e. The number of halogens is 3. The number of hydrogen-bond acceptors (Lipinski definition) is 2. The van der Waals surface area contributed by atoms with E-state index in [1.807, 2.05) is 0 Å². The maximum absolute atomic E-state index is 12.2. The first kappa shape index (κ1) is 9.32. The number of pyridine rings is 1. The molecule has 0 spiro atoms. The highest BCUT2D eigenvalue weighted by Gasteiger charge is 2.34. The molecule has 0 bridgehead atoms. The summed E-state index contributed by atoms with van der Waals surface area (Å²) in [7, 11) is 0. The zero-order valence-electron chi connectivity index (χ0n) is 6.26. The van der Waals surface area contributed by atoms with E-state index >= 15 is 0 Å². The van der Waals surface area contributed by atoms with Crippen molar-refractivity contribution < 1.29 is 13.2 Å². The van der Waals surface area contributed by atoms with E-state index in [1.54, 1.807) is 0 Å². The van der Waals surface area contributed by atoms with Crippen LogP contribution >= 0.6 is 0 Å². The first-order chi connectivity index (χ1) is 5.95. The van der Waals surface area contributed by atoms with E-state index in [4.69, 9.17) is 12.3 Å². The Morgan fingerprint density at radius 1 is 1.46 bits per heavy atom. The summed E-state index contributed by atoms with van der Waals surface area (Å²) in [5, 5.41) is 0. The molecular formula is C7H4F3N3. The Morgan fingerprint density at radius 3 is 2.54 bits per heavy atom. The molecule has 0 amide bonds. The normalized spacial score (nSPS) is 10.9. The summed E-state index contributed by atoms with van der Waals surface area (Å²) in [5.74, 6) is -0.679. The summed E-state index contributed by atoms with van der Waals surface area (Å²) >= 11 is 0. The molecule has 0 unspecified atom stereocenters. The third-order valence-electron chi connectivity index (χ3n) is 1.30. The van der Waals surface area contributed by atoms with Gasteiger partial charge >= 0.3 is 6.18 Å². The summed E-state index contributed by atoms with van der Waals surface area (Å²) in [6, 6.07) is 0.695. The van der Waals surface area contributed by atoms with Crippen molar-refractivity contribution in [3.8, 4) is 0 Å². The van der Waals surface area contributed by atoms with Crippen molar-refractivity contribution in [1.29, 1.82) is 0 Å². The molecule has 0 aliphatic carbocycles. The Kier molecular flexibility index (Phi) is 2.10. The molecule has 1 heterocycles. The molecule has 0 saturated heterocycles. The van der Waals surface area contributed by atoms with Gasteiger partial charge < -0.3 is 10.6 Å². The second kappa shape index (κ2) is 2.94. The fourth-order valence-corrected chi connectivity index (χ4v) is 0.771. The van der Waals surface area contributed by atoms with Crippen molar-refractivity contribution in [2.24, 2.45) is 0 Å². The van der Waals surface area contributed by atoms with Crippen LogP contribution in [0.3, 0.4) is 0 Å². The minimum Gasteiger partial charge on any atom is -0.396 e. The fraction of sp³-hybridized carbons (Fsp3) is 0.143. The lowest BCUT2D eigenvalue weighted by Crippen LogP contribution is -2.06. The molecule has 3 nitrogen and oxygen atoms in total. The van der Waals surface area contributed by atoms with Gasteiger partial charge in [-0.2, -0.15) is 13.2 Å². The van der Waals surface area contributed by atoms with E-state index in [-0.39, 0.29) is 5.69 Å². The van der Waals surface area contributed by atoms with Crippen LogP contribution in [-0.2, 0) is 6.18 Å². The van der Waals surface area contributed by atoms with Gasteiger partial charge in [-0.25, -0.2) is 0 Å². The second-order valence-corrected chi connectivity index (χ2v) is 2.25. The van der Waals surface area contributed by atoms with Gasteiger partial charge in [-0.1, -0.05) is 6.57 Å². The van der Waals surface area contributed by atoms with E-state index in [2.05, 4.69) is 9.83 Å². The molecule has 0 fully saturated rings. The van der Waals surface area contributed by atoms with Gasteiger partial charge in [0.25, 0.3) is 5.82 Å². The lowest BCUT2D eigenvalue weighted by molar-refractivity contribution is -0.137. The molecular weight excluding hydrogens is 183 g/mol. The van der Waals surface area contributed by atoms with Crippen LogP contribution in [0.2, 0.25) is 0 Å². The third-order valence-corrected chi connectivity index (χ3v) is 1.30. The van der Waals surface area contributed by atoms with Crippen molar-refractivity contribution in [1.82, 2.24) is 4.98 Å². The molecule has 2 N–H and O–H groups in total. The molecule has 1 aromatic heterocycles. The molecule has 0 atom stereocenters. The van der Waals surface area contributed by atoms with Gasteiger partial charge in [-0.05, 0) is 6.07 Å². The predicted molar refractivity (Wildman–Crippen MR) is 39.9 cm³/mol. The molecule has 13 heavy (non-hydrogen) atoms. The first-order valence-corrected chi connectivity index (χ1v) is 3.15. The molecule has 0 saturated carbocycles. The average molecular weight is 187 g/mol. The van der Waals surface area contributed by atoms with Gasteiger partial charge in [0, 0.05) is 0 Å². The van der Waals surface area contributed by atoms with Gasteiger partial charge in [-0.15, -0.1) is 4.98 Å². The fourth-order valence-electron chi connectivity index (χ4n) is 0.771. The molecule has 0 aliphatic rings. The van der Waals surface area contributed by atoms with Crippen molar-refractivity contribution in [2.75, 3.05) is 5.73 Å². The molecule has 0 aromatic carbocycles. The summed E-state index contributed by atoms with van der Waals surface area (Å²) < 4.78 is 36.5. The Balaban J connectivity index is 3.35. The van der Waals surface area contributed by atoms with Crippen molar-refractivity contribution >= 4 is 11.5 Å². The van der Waals surface area contributed by atoms with E-state index in [1.165, 1.54) is 0 Å². The lowest BCUT2D eigenvalue weighted by atomic mass is 10.2. The minimum absolute atomic E-state index is 0.111.